The Morgan fingerprint density at radius 2 is 1.18 bits per heavy atom. The minimum atomic E-state index is 0.924. The molecule has 39 heavy (non-hydrogen) atoms. The standard InChI is InChI=1S/C36H21NOS/c1-2-10-22(11-3-1)23-18-20-24(21-19-23)37-28-15-7-4-12-25(28)32-34(37)31-26-13-5-8-16-29(26)38-35(31)33-27-14-6-9-17-30(27)39-36(32)33/h1-21H. The van der Waals surface area contributed by atoms with Gasteiger partial charge in [0.1, 0.15) is 11.2 Å². The van der Waals surface area contributed by atoms with Crippen molar-refractivity contribution in [2.45, 2.75) is 0 Å². The number of para-hydroxylation sites is 2. The van der Waals surface area contributed by atoms with Gasteiger partial charge in [0.2, 0.25) is 0 Å². The zero-order valence-electron chi connectivity index (χ0n) is 20.9. The predicted octanol–water partition coefficient (Wildman–Crippen LogP) is 10.7. The van der Waals surface area contributed by atoms with Crippen molar-refractivity contribution in [2.24, 2.45) is 0 Å². The van der Waals surface area contributed by atoms with Gasteiger partial charge in [0.15, 0.2) is 0 Å². The third-order valence-corrected chi connectivity index (χ3v) is 9.18. The molecule has 9 rings (SSSR count). The van der Waals surface area contributed by atoms with Gasteiger partial charge in [-0.1, -0.05) is 97.1 Å². The first-order valence-electron chi connectivity index (χ1n) is 13.2. The van der Waals surface area contributed by atoms with Crippen LogP contribution < -0.4 is 0 Å². The van der Waals surface area contributed by atoms with Crippen LogP contribution in [0.2, 0.25) is 0 Å². The van der Waals surface area contributed by atoms with Crippen molar-refractivity contribution in [1.82, 2.24) is 4.57 Å². The normalized spacial score (nSPS) is 12.1. The van der Waals surface area contributed by atoms with Crippen molar-refractivity contribution in [2.75, 3.05) is 0 Å². The molecule has 9 aromatic rings. The van der Waals surface area contributed by atoms with E-state index in [1.165, 1.54) is 58.5 Å². The minimum absolute atomic E-state index is 0.924. The number of furan rings is 1. The van der Waals surface area contributed by atoms with Crippen LogP contribution in [0, 0.1) is 0 Å². The van der Waals surface area contributed by atoms with Crippen LogP contribution in [0.1, 0.15) is 0 Å². The number of thiophene rings is 1. The van der Waals surface area contributed by atoms with Gasteiger partial charge < -0.3 is 8.98 Å². The summed E-state index contributed by atoms with van der Waals surface area (Å²) in [5.41, 5.74) is 7.90. The van der Waals surface area contributed by atoms with E-state index in [2.05, 4.69) is 132 Å². The zero-order valence-corrected chi connectivity index (χ0v) is 21.7. The van der Waals surface area contributed by atoms with Crippen molar-refractivity contribution in [1.29, 1.82) is 0 Å². The number of fused-ring (bicyclic) bond motifs is 12. The van der Waals surface area contributed by atoms with Crippen LogP contribution in [0.25, 0.3) is 80.7 Å². The Kier molecular flexibility index (Phi) is 4.24. The molecule has 0 aliphatic carbocycles. The van der Waals surface area contributed by atoms with E-state index < -0.39 is 0 Å². The van der Waals surface area contributed by atoms with E-state index in [1.807, 2.05) is 11.3 Å². The lowest BCUT2D eigenvalue weighted by Gasteiger charge is -2.10. The molecule has 0 aliphatic heterocycles. The van der Waals surface area contributed by atoms with E-state index in [4.69, 9.17) is 4.42 Å². The fourth-order valence-electron chi connectivity index (χ4n) is 6.31. The van der Waals surface area contributed by atoms with E-state index >= 15 is 0 Å². The highest BCUT2D eigenvalue weighted by Gasteiger charge is 2.25. The molecule has 3 aromatic heterocycles. The van der Waals surface area contributed by atoms with E-state index in [0.29, 0.717) is 0 Å². The second kappa shape index (κ2) is 7.83. The Morgan fingerprint density at radius 1 is 0.513 bits per heavy atom. The lowest BCUT2D eigenvalue weighted by atomic mass is 10.0. The molecular formula is C36H21NOS. The topological polar surface area (TPSA) is 18.1 Å². The quantitative estimate of drug-likeness (QED) is 0.224. The summed E-state index contributed by atoms with van der Waals surface area (Å²) in [6.07, 6.45) is 0. The summed E-state index contributed by atoms with van der Waals surface area (Å²) >= 11 is 1.87. The van der Waals surface area contributed by atoms with Crippen molar-refractivity contribution in [3.63, 3.8) is 0 Å². The lowest BCUT2D eigenvalue weighted by Crippen LogP contribution is -1.94. The number of hydrogen-bond donors (Lipinski definition) is 0. The number of benzene rings is 6. The van der Waals surface area contributed by atoms with E-state index in [9.17, 15) is 0 Å². The molecule has 6 aromatic carbocycles. The third-order valence-electron chi connectivity index (χ3n) is 7.99. The highest BCUT2D eigenvalue weighted by Crippen LogP contribution is 2.50. The number of nitrogens with zero attached hydrogens (tertiary/aromatic N) is 1. The monoisotopic (exact) mass is 515 g/mol. The Morgan fingerprint density at radius 3 is 2.03 bits per heavy atom. The Bertz CT molecular complexity index is 2340. The van der Waals surface area contributed by atoms with Crippen LogP contribution >= 0.6 is 11.3 Å². The molecule has 0 bridgehead atoms. The molecule has 0 radical (unpaired) electrons. The second-order valence-corrected chi connectivity index (χ2v) is 11.1. The highest BCUT2D eigenvalue weighted by molar-refractivity contribution is 7.27. The van der Waals surface area contributed by atoms with Gasteiger partial charge in [-0.25, -0.2) is 0 Å². The number of hydrogen-bond acceptors (Lipinski definition) is 2. The summed E-state index contributed by atoms with van der Waals surface area (Å²) in [7, 11) is 0. The molecule has 0 aliphatic rings. The van der Waals surface area contributed by atoms with Gasteiger partial charge >= 0.3 is 0 Å². The molecule has 0 saturated carbocycles. The smallest absolute Gasteiger partial charge is 0.146 e. The molecule has 0 unspecified atom stereocenters. The molecule has 3 heterocycles. The largest absolute Gasteiger partial charge is 0.455 e. The number of rotatable bonds is 2. The summed E-state index contributed by atoms with van der Waals surface area (Å²) in [6, 6.07) is 45.5. The zero-order chi connectivity index (χ0) is 25.5. The maximum atomic E-state index is 6.70. The molecule has 0 fully saturated rings. The number of aromatic nitrogens is 1. The molecule has 0 saturated heterocycles. The molecule has 0 atom stereocenters. The fraction of sp³-hybridized carbons (Fsp3) is 0. The Labute approximate surface area is 227 Å². The van der Waals surface area contributed by atoms with Gasteiger partial charge in [0, 0.05) is 42.0 Å². The molecule has 0 spiro atoms. The Balaban J connectivity index is 1.50. The predicted molar refractivity (Wildman–Crippen MR) is 166 cm³/mol. The fourth-order valence-corrected chi connectivity index (χ4v) is 7.57. The molecule has 0 N–H and O–H groups in total. The first-order valence-corrected chi connectivity index (χ1v) is 14.0. The van der Waals surface area contributed by atoms with Crippen LogP contribution in [0.5, 0.6) is 0 Å². The summed E-state index contributed by atoms with van der Waals surface area (Å²) < 4.78 is 11.7. The highest BCUT2D eigenvalue weighted by atomic mass is 32.1. The van der Waals surface area contributed by atoms with Crippen LogP contribution in [0.3, 0.4) is 0 Å². The van der Waals surface area contributed by atoms with Gasteiger partial charge in [-0.15, -0.1) is 11.3 Å². The average molecular weight is 516 g/mol. The second-order valence-electron chi connectivity index (χ2n) is 10.1. The van der Waals surface area contributed by atoms with Crippen LogP contribution in [-0.2, 0) is 0 Å². The van der Waals surface area contributed by atoms with Gasteiger partial charge in [-0.2, -0.15) is 0 Å². The lowest BCUT2D eigenvalue weighted by molar-refractivity contribution is 0.673. The van der Waals surface area contributed by atoms with Gasteiger partial charge in [0.05, 0.1) is 16.4 Å². The molecule has 3 heteroatoms. The van der Waals surface area contributed by atoms with Crippen LogP contribution in [-0.4, -0.2) is 4.57 Å². The van der Waals surface area contributed by atoms with Crippen LogP contribution in [0.4, 0.5) is 0 Å². The average Bonchev–Trinajstić information content (AvgIpc) is 3.67. The minimum Gasteiger partial charge on any atom is -0.455 e. The summed E-state index contributed by atoms with van der Waals surface area (Å²) in [4.78, 5) is 0. The van der Waals surface area contributed by atoms with Crippen molar-refractivity contribution in [3.8, 4) is 16.8 Å². The van der Waals surface area contributed by atoms with E-state index in [1.54, 1.807) is 0 Å². The van der Waals surface area contributed by atoms with Crippen LogP contribution in [0.15, 0.2) is 132 Å². The molecular weight excluding hydrogens is 494 g/mol. The maximum absolute atomic E-state index is 6.70. The van der Waals surface area contributed by atoms with Crippen molar-refractivity contribution >= 4 is 75.3 Å². The van der Waals surface area contributed by atoms with Gasteiger partial charge in [-0.05, 0) is 41.5 Å². The molecule has 2 nitrogen and oxygen atoms in total. The van der Waals surface area contributed by atoms with E-state index in [-0.39, 0.29) is 0 Å². The van der Waals surface area contributed by atoms with Gasteiger partial charge in [-0.3, -0.25) is 0 Å². The maximum Gasteiger partial charge on any atom is 0.146 e. The Hall–Kier alpha value is -4.86. The molecule has 0 amide bonds. The summed E-state index contributed by atoms with van der Waals surface area (Å²) in [6.45, 7) is 0. The molecule has 182 valence electrons. The van der Waals surface area contributed by atoms with Gasteiger partial charge in [0.25, 0.3) is 0 Å². The van der Waals surface area contributed by atoms with E-state index in [0.717, 1.165) is 22.2 Å². The summed E-state index contributed by atoms with van der Waals surface area (Å²) in [5, 5.41) is 7.38. The SMILES string of the molecule is c1ccc(-c2ccc(-n3c4ccccc4c4c5sc6ccccc6c5c5oc6ccccc6c5c43)cc2)cc1. The van der Waals surface area contributed by atoms with Crippen molar-refractivity contribution < 1.29 is 4.42 Å². The summed E-state index contributed by atoms with van der Waals surface area (Å²) in [5.74, 6) is 0. The first-order chi connectivity index (χ1) is 19.4. The van der Waals surface area contributed by atoms with Crippen molar-refractivity contribution in [3.05, 3.63) is 127 Å². The first kappa shape index (κ1) is 21.1. The third kappa shape index (κ3) is 2.85.